The molecule has 5 rings (SSSR count). The van der Waals surface area contributed by atoms with Gasteiger partial charge in [0.05, 0.1) is 65.6 Å². The van der Waals surface area contributed by atoms with Crippen LogP contribution in [0.25, 0.3) is 0 Å². The SMILES string of the molecule is CC#CCC[C@@H]1O[C@]2(C)C[C@H](O[Si](C)(C)C(C)(C)C)[C@@H]3O[C@]4(C)CC[C@@H]5O[C@H](CCCO[Si](C)(C)C(C)(C)C)[C@@](C)(O[Si](C)(C)C(C)(C)C)CC[C@H]5O[C@H]4C[C@H]3O[C@H]2C[C@@H]1C. The lowest BCUT2D eigenvalue weighted by Crippen LogP contribution is -2.60. The molecule has 0 spiro atoms. The zero-order valence-corrected chi connectivity index (χ0v) is 46.0. The van der Waals surface area contributed by atoms with E-state index in [4.69, 9.17) is 37.0 Å². The van der Waals surface area contributed by atoms with Gasteiger partial charge in [-0.25, -0.2) is 0 Å². The van der Waals surface area contributed by atoms with E-state index in [1.165, 1.54) is 0 Å². The fourth-order valence-corrected chi connectivity index (χ4v) is 14.1. The molecule has 0 bridgehead atoms. The maximum Gasteiger partial charge on any atom is 0.192 e. The molecule has 0 radical (unpaired) electrons. The van der Waals surface area contributed by atoms with Crippen LogP contribution >= 0.6 is 0 Å². The van der Waals surface area contributed by atoms with Crippen molar-refractivity contribution >= 4 is 25.0 Å². The second-order valence-electron chi connectivity index (χ2n) is 25.4. The fourth-order valence-electron chi connectivity index (χ4n) is 9.96. The lowest BCUT2D eigenvalue weighted by molar-refractivity contribution is -0.272. The summed E-state index contributed by atoms with van der Waals surface area (Å²) in [6.07, 6.45) is 8.87. The van der Waals surface area contributed by atoms with Crippen molar-refractivity contribution in [1.29, 1.82) is 0 Å². The molecule has 0 aromatic heterocycles. The zero-order chi connectivity index (χ0) is 45.8. The van der Waals surface area contributed by atoms with E-state index >= 15 is 0 Å². The highest BCUT2D eigenvalue weighted by Gasteiger charge is 2.60. The third-order valence-corrected chi connectivity index (χ3v) is 30.9. The molecule has 5 aliphatic rings. The van der Waals surface area contributed by atoms with Crippen LogP contribution in [0.5, 0.6) is 0 Å². The maximum atomic E-state index is 7.53. The smallest absolute Gasteiger partial charge is 0.192 e. The number of hydrogen-bond acceptors (Lipinski definition) is 8. The van der Waals surface area contributed by atoms with Gasteiger partial charge in [0, 0.05) is 25.9 Å². The van der Waals surface area contributed by atoms with Gasteiger partial charge in [-0.1, -0.05) is 69.2 Å². The van der Waals surface area contributed by atoms with E-state index in [9.17, 15) is 0 Å². The highest BCUT2D eigenvalue weighted by molar-refractivity contribution is 6.75. The largest absolute Gasteiger partial charge is 0.417 e. The van der Waals surface area contributed by atoms with E-state index in [0.717, 1.165) is 77.2 Å². The van der Waals surface area contributed by atoms with Crippen molar-refractivity contribution in [3.63, 3.8) is 0 Å². The van der Waals surface area contributed by atoms with Gasteiger partial charge in [-0.15, -0.1) is 11.8 Å². The number of rotatable bonds is 11. The van der Waals surface area contributed by atoms with Gasteiger partial charge in [0.25, 0.3) is 0 Å². The second kappa shape index (κ2) is 18.5. The summed E-state index contributed by atoms with van der Waals surface area (Å²) in [6, 6.07) is 0. The molecule has 0 amide bonds. The summed E-state index contributed by atoms with van der Waals surface area (Å²) in [7, 11) is -6.20. The van der Waals surface area contributed by atoms with Gasteiger partial charge >= 0.3 is 0 Å². The van der Waals surface area contributed by atoms with Gasteiger partial charge < -0.3 is 37.0 Å². The monoisotopic (exact) mass is 907 g/mol. The first-order valence-corrected chi connectivity index (χ1v) is 33.2. The summed E-state index contributed by atoms with van der Waals surface area (Å²) in [5, 5.41) is 0.316. The van der Waals surface area contributed by atoms with Crippen LogP contribution in [-0.4, -0.2) is 103 Å². The number of ether oxygens (including phenoxy) is 5. The molecule has 0 saturated carbocycles. The molecule has 0 unspecified atom stereocenters. The van der Waals surface area contributed by atoms with E-state index in [1.54, 1.807) is 0 Å². The van der Waals surface area contributed by atoms with E-state index in [2.05, 4.69) is 141 Å². The Morgan fingerprint density at radius 3 is 1.85 bits per heavy atom. The van der Waals surface area contributed by atoms with Gasteiger partial charge in [-0.05, 0) is 139 Å². The highest BCUT2D eigenvalue weighted by Crippen LogP contribution is 2.52. The van der Waals surface area contributed by atoms with Crippen molar-refractivity contribution < 1.29 is 37.0 Å². The minimum Gasteiger partial charge on any atom is -0.417 e. The predicted octanol–water partition coefficient (Wildman–Crippen LogP) is 12.7. The summed E-state index contributed by atoms with van der Waals surface area (Å²) >= 11 is 0. The molecule has 0 aromatic carbocycles. The maximum absolute atomic E-state index is 7.53. The van der Waals surface area contributed by atoms with Crippen molar-refractivity contribution in [2.75, 3.05) is 6.61 Å². The van der Waals surface area contributed by atoms with Crippen LogP contribution < -0.4 is 0 Å². The lowest BCUT2D eigenvalue weighted by atomic mass is 9.79. The topological polar surface area (TPSA) is 73.8 Å². The van der Waals surface area contributed by atoms with Crippen LogP contribution in [0.15, 0.2) is 0 Å². The predicted molar refractivity (Wildman–Crippen MR) is 258 cm³/mol. The molecule has 0 aliphatic carbocycles. The van der Waals surface area contributed by atoms with Crippen LogP contribution in [0, 0.1) is 17.8 Å². The summed E-state index contributed by atoms with van der Waals surface area (Å²) in [5.74, 6) is 6.73. The molecule has 0 aromatic rings. The van der Waals surface area contributed by atoms with E-state index in [1.807, 2.05) is 6.92 Å². The van der Waals surface area contributed by atoms with Crippen LogP contribution in [-0.2, 0) is 37.0 Å². The molecule has 5 saturated heterocycles. The van der Waals surface area contributed by atoms with Crippen molar-refractivity contribution in [3.8, 4) is 11.8 Å². The van der Waals surface area contributed by atoms with Crippen molar-refractivity contribution in [1.82, 2.24) is 0 Å². The first kappa shape index (κ1) is 51.9. The first-order chi connectivity index (χ1) is 27.8. The molecular weight excluding hydrogens is 813 g/mol. The zero-order valence-electron chi connectivity index (χ0n) is 43.0. The van der Waals surface area contributed by atoms with Crippen molar-refractivity contribution in [3.05, 3.63) is 0 Å². The van der Waals surface area contributed by atoms with E-state index < -0.39 is 41.8 Å². The Balaban J connectivity index is 1.42. The summed E-state index contributed by atoms with van der Waals surface area (Å²) in [4.78, 5) is 0. The Hall–Kier alpha value is -0.109. The third kappa shape index (κ3) is 11.5. The van der Waals surface area contributed by atoms with Gasteiger partial charge in [-0.3, -0.25) is 0 Å². The summed E-state index contributed by atoms with van der Waals surface area (Å²) < 4.78 is 58.5. The lowest BCUT2D eigenvalue weighted by Gasteiger charge is -2.50. The first-order valence-electron chi connectivity index (χ1n) is 24.5. The van der Waals surface area contributed by atoms with Gasteiger partial charge in [0.15, 0.2) is 25.0 Å². The van der Waals surface area contributed by atoms with Crippen molar-refractivity contribution in [2.45, 2.75) is 294 Å². The van der Waals surface area contributed by atoms with Crippen LogP contribution in [0.1, 0.15) is 168 Å². The number of fused-ring (bicyclic) bond motifs is 4. The molecule has 5 aliphatic heterocycles. The Kier molecular flexibility index (Phi) is 15.8. The molecule has 61 heavy (non-hydrogen) atoms. The van der Waals surface area contributed by atoms with Crippen LogP contribution in [0.4, 0.5) is 0 Å². The van der Waals surface area contributed by atoms with Crippen LogP contribution in [0.2, 0.25) is 54.4 Å². The molecule has 354 valence electrons. The minimum absolute atomic E-state index is 0.0441. The average molecular weight is 908 g/mol. The third-order valence-electron chi connectivity index (χ3n) is 17.3. The number of hydrogen-bond donors (Lipinski definition) is 0. The summed E-state index contributed by atoms with van der Waals surface area (Å²) in [6.45, 7) is 47.1. The molecular formula is C50H94O8Si3. The van der Waals surface area contributed by atoms with Gasteiger partial charge in [0.1, 0.15) is 6.10 Å². The van der Waals surface area contributed by atoms with Gasteiger partial charge in [-0.2, -0.15) is 0 Å². The summed E-state index contributed by atoms with van der Waals surface area (Å²) in [5.41, 5.74) is -1.42. The molecule has 8 nitrogen and oxygen atoms in total. The normalized spacial score (nSPS) is 39.3. The molecule has 13 atom stereocenters. The van der Waals surface area contributed by atoms with E-state index in [0.29, 0.717) is 5.92 Å². The Morgan fingerprint density at radius 1 is 0.672 bits per heavy atom. The van der Waals surface area contributed by atoms with Gasteiger partial charge in [0.2, 0.25) is 0 Å². The average Bonchev–Trinajstić information content (AvgIpc) is 3.37. The minimum atomic E-state index is -2.21. The quantitative estimate of drug-likeness (QED) is 0.115. The molecule has 0 N–H and O–H groups in total. The Morgan fingerprint density at radius 2 is 1.25 bits per heavy atom. The Labute approximate surface area is 378 Å². The Bertz CT molecular complexity index is 1540. The highest BCUT2D eigenvalue weighted by atomic mass is 28.4. The fraction of sp³-hybridized carbons (Fsp3) is 0.960. The molecule has 5 heterocycles. The van der Waals surface area contributed by atoms with Crippen LogP contribution in [0.3, 0.4) is 0 Å². The van der Waals surface area contributed by atoms with Crippen molar-refractivity contribution in [2.24, 2.45) is 5.92 Å². The van der Waals surface area contributed by atoms with E-state index in [-0.39, 0.29) is 70.1 Å². The molecule has 11 heteroatoms. The second-order valence-corrected chi connectivity index (χ2v) is 39.7. The standard InChI is InChI=1S/C50H94O8Si3/c1-21-22-23-25-36-35(2)32-42-50(14,55-36)34-40(57-60(17,18)46(6,7)8)44-39(54-42)33-43-48(12,56-44)29-27-37-38(53-43)28-30-49(13,58-61(19,20)47(9,10)11)41(52-37)26-24-31-51-59(15,16)45(3,4)5/h35-44H,23-34H2,1-20H3/t35-,36-,37-,38+,39+,40-,41+,42-,43-,44+,48+,49-,50+/m0/s1. The molecule has 5 fully saturated rings.